The first-order chi connectivity index (χ1) is 17.5. The van der Waals surface area contributed by atoms with Crippen LogP contribution in [0.15, 0.2) is 101 Å². The lowest BCUT2D eigenvalue weighted by Crippen LogP contribution is -2.05. The molecule has 0 N–H and O–H groups in total. The van der Waals surface area contributed by atoms with Crippen molar-refractivity contribution in [1.82, 2.24) is 0 Å². The number of para-hydroxylation sites is 2. The standard InChI is InChI=1S/C33H31O3/c1-22(2)34-26-17-13-24(14-18-26)30(25-15-19-27(20-16-25)35-23(3)4)21-31-28-9-5-7-11-32(28)36-33-12-8-6-10-29(31)33/h5-23H,1-4H3/q+1. The van der Waals surface area contributed by atoms with Crippen molar-refractivity contribution < 1.29 is 13.9 Å². The fraction of sp³-hybridized carbons (Fsp3) is 0.182. The molecule has 0 saturated heterocycles. The first-order valence-corrected chi connectivity index (χ1v) is 12.5. The molecule has 36 heavy (non-hydrogen) atoms. The Kier molecular flexibility index (Phi) is 6.73. The molecule has 0 spiro atoms. The predicted octanol–water partition coefficient (Wildman–Crippen LogP) is 9.03. The average Bonchev–Trinajstić information content (AvgIpc) is 2.87. The number of hydrogen-bond donors (Lipinski definition) is 0. The molecule has 0 amide bonds. The Morgan fingerprint density at radius 2 is 1.00 bits per heavy atom. The second-order valence-electron chi connectivity index (χ2n) is 9.45. The molecular formula is C33H31O3+. The zero-order valence-electron chi connectivity index (χ0n) is 21.2. The summed E-state index contributed by atoms with van der Waals surface area (Å²) < 4.78 is 18.0. The summed E-state index contributed by atoms with van der Waals surface area (Å²) >= 11 is 0. The maximum absolute atomic E-state index is 6.22. The third-order valence-electron chi connectivity index (χ3n) is 5.94. The predicted molar refractivity (Wildman–Crippen MR) is 150 cm³/mol. The van der Waals surface area contributed by atoms with Crippen LogP contribution in [-0.2, 0) is 0 Å². The highest BCUT2D eigenvalue weighted by Gasteiger charge is 2.18. The molecule has 0 unspecified atom stereocenters. The molecule has 180 valence electrons. The number of rotatable bonds is 7. The lowest BCUT2D eigenvalue weighted by molar-refractivity contribution is 0.242. The lowest BCUT2D eigenvalue weighted by Gasteiger charge is -2.14. The Hall–Kier alpha value is -4.11. The van der Waals surface area contributed by atoms with E-state index in [2.05, 4.69) is 54.6 Å². The summed E-state index contributed by atoms with van der Waals surface area (Å²) in [5.41, 5.74) is 6.19. The van der Waals surface area contributed by atoms with Crippen molar-refractivity contribution in [2.75, 3.05) is 0 Å². The van der Waals surface area contributed by atoms with E-state index in [9.17, 15) is 0 Å². The number of fused-ring (bicyclic) bond motifs is 2. The van der Waals surface area contributed by atoms with Crippen LogP contribution in [0.1, 0.15) is 44.4 Å². The monoisotopic (exact) mass is 475 g/mol. The quantitative estimate of drug-likeness (QED) is 0.174. The summed E-state index contributed by atoms with van der Waals surface area (Å²) in [6, 6.07) is 33.1. The van der Waals surface area contributed by atoms with Gasteiger partial charge in [-0.05, 0) is 86.9 Å². The van der Waals surface area contributed by atoms with Crippen molar-refractivity contribution in [2.45, 2.75) is 39.9 Å². The Morgan fingerprint density at radius 1 is 0.583 bits per heavy atom. The van der Waals surface area contributed by atoms with Gasteiger partial charge in [-0.2, -0.15) is 0 Å². The molecule has 1 aromatic heterocycles. The van der Waals surface area contributed by atoms with Crippen LogP contribution in [0.5, 0.6) is 11.5 Å². The minimum absolute atomic E-state index is 0.130. The first kappa shape index (κ1) is 23.6. The molecule has 0 aliphatic heterocycles. The summed E-state index contributed by atoms with van der Waals surface area (Å²) in [5, 5.41) is 2.15. The van der Waals surface area contributed by atoms with Gasteiger partial charge in [0.15, 0.2) is 0 Å². The van der Waals surface area contributed by atoms with Crippen LogP contribution in [0, 0.1) is 0 Å². The van der Waals surface area contributed by atoms with Gasteiger partial charge in [0.1, 0.15) is 11.5 Å². The molecule has 3 heteroatoms. The summed E-state index contributed by atoms with van der Waals surface area (Å²) in [6.45, 7) is 8.15. The van der Waals surface area contributed by atoms with E-state index in [1.807, 2.05) is 76.2 Å². The van der Waals surface area contributed by atoms with Gasteiger partial charge in [0.25, 0.3) is 0 Å². The summed E-state index contributed by atoms with van der Waals surface area (Å²) in [4.78, 5) is 0. The van der Waals surface area contributed by atoms with E-state index in [0.717, 1.165) is 55.7 Å². The van der Waals surface area contributed by atoms with E-state index in [0.29, 0.717) is 0 Å². The van der Waals surface area contributed by atoms with Crippen LogP contribution in [0.25, 0.3) is 33.6 Å². The molecule has 0 radical (unpaired) electrons. The van der Waals surface area contributed by atoms with Crippen LogP contribution < -0.4 is 9.47 Å². The molecule has 0 atom stereocenters. The molecule has 0 aliphatic rings. The Morgan fingerprint density at radius 3 is 1.42 bits per heavy atom. The first-order valence-electron chi connectivity index (χ1n) is 12.5. The minimum atomic E-state index is 0.130. The SMILES string of the molecule is CC(C)Oc1ccc(C(=Cc2c3ccccc3[o+]c3ccccc23)c2ccc(OC(C)C)cc2)cc1. The highest BCUT2D eigenvalue weighted by Crippen LogP contribution is 2.35. The van der Waals surface area contributed by atoms with E-state index in [1.165, 1.54) is 0 Å². The normalized spacial score (nSPS) is 11.3. The third kappa shape index (κ3) is 5.11. The van der Waals surface area contributed by atoms with E-state index >= 15 is 0 Å². The zero-order chi connectivity index (χ0) is 25.1. The fourth-order valence-corrected chi connectivity index (χ4v) is 4.42. The van der Waals surface area contributed by atoms with Crippen molar-refractivity contribution in [3.8, 4) is 11.5 Å². The van der Waals surface area contributed by atoms with E-state index in [1.54, 1.807) is 0 Å². The smallest absolute Gasteiger partial charge is 0.361 e. The topological polar surface area (TPSA) is 29.8 Å². The third-order valence-corrected chi connectivity index (χ3v) is 5.94. The second-order valence-corrected chi connectivity index (χ2v) is 9.45. The van der Waals surface area contributed by atoms with Gasteiger partial charge in [0, 0.05) is 17.7 Å². The molecule has 1 heterocycles. The van der Waals surface area contributed by atoms with Crippen LogP contribution in [0.3, 0.4) is 0 Å². The number of ether oxygens (including phenoxy) is 2. The van der Waals surface area contributed by atoms with Gasteiger partial charge in [-0.25, -0.2) is 4.42 Å². The summed E-state index contributed by atoms with van der Waals surface area (Å²) in [5.74, 6) is 1.73. The maximum atomic E-state index is 6.22. The van der Waals surface area contributed by atoms with Gasteiger partial charge in [-0.1, -0.05) is 48.5 Å². The molecule has 0 saturated carbocycles. The molecule has 5 aromatic rings. The number of hydrogen-bond acceptors (Lipinski definition) is 2. The van der Waals surface area contributed by atoms with Gasteiger partial charge in [-0.15, -0.1) is 0 Å². The summed E-state index contributed by atoms with van der Waals surface area (Å²) in [6.07, 6.45) is 2.53. The van der Waals surface area contributed by atoms with E-state index in [4.69, 9.17) is 13.9 Å². The molecule has 0 aliphatic carbocycles. The van der Waals surface area contributed by atoms with Crippen LogP contribution in [0.4, 0.5) is 0 Å². The van der Waals surface area contributed by atoms with Crippen molar-refractivity contribution in [3.63, 3.8) is 0 Å². The second kappa shape index (κ2) is 10.2. The summed E-state index contributed by atoms with van der Waals surface area (Å²) in [7, 11) is 0. The Bertz CT molecular complexity index is 1400. The largest absolute Gasteiger partial charge is 0.491 e. The Labute approximate surface area is 212 Å². The minimum Gasteiger partial charge on any atom is -0.491 e. The van der Waals surface area contributed by atoms with E-state index in [-0.39, 0.29) is 12.2 Å². The maximum Gasteiger partial charge on any atom is 0.361 e. The Balaban J connectivity index is 1.71. The molecular weight excluding hydrogens is 444 g/mol. The van der Waals surface area contributed by atoms with Crippen LogP contribution >= 0.6 is 0 Å². The highest BCUT2D eigenvalue weighted by molar-refractivity contribution is 6.06. The van der Waals surface area contributed by atoms with Crippen molar-refractivity contribution in [3.05, 3.63) is 114 Å². The van der Waals surface area contributed by atoms with Crippen molar-refractivity contribution in [2.24, 2.45) is 0 Å². The lowest BCUT2D eigenvalue weighted by atomic mass is 9.93. The van der Waals surface area contributed by atoms with Gasteiger partial charge in [-0.3, -0.25) is 0 Å². The van der Waals surface area contributed by atoms with Gasteiger partial charge in [0.05, 0.1) is 23.0 Å². The molecule has 4 aromatic carbocycles. The fourth-order valence-electron chi connectivity index (χ4n) is 4.42. The molecule has 0 fully saturated rings. The molecule has 3 nitrogen and oxygen atoms in total. The van der Waals surface area contributed by atoms with Gasteiger partial charge in [0.2, 0.25) is 0 Å². The van der Waals surface area contributed by atoms with E-state index < -0.39 is 0 Å². The van der Waals surface area contributed by atoms with Gasteiger partial charge >= 0.3 is 11.2 Å². The molecule has 0 bridgehead atoms. The van der Waals surface area contributed by atoms with Crippen LogP contribution in [-0.4, -0.2) is 12.2 Å². The van der Waals surface area contributed by atoms with Crippen molar-refractivity contribution >= 4 is 33.6 Å². The van der Waals surface area contributed by atoms with Gasteiger partial charge < -0.3 is 9.47 Å². The van der Waals surface area contributed by atoms with Crippen LogP contribution in [0.2, 0.25) is 0 Å². The highest BCUT2D eigenvalue weighted by atomic mass is 16.5. The number of benzene rings is 4. The zero-order valence-corrected chi connectivity index (χ0v) is 21.2. The van der Waals surface area contributed by atoms with Crippen molar-refractivity contribution in [1.29, 1.82) is 0 Å². The average molecular weight is 476 g/mol. The molecule has 5 rings (SSSR count).